The van der Waals surface area contributed by atoms with Crippen LogP contribution in [0.5, 0.6) is 0 Å². The summed E-state index contributed by atoms with van der Waals surface area (Å²) in [4.78, 5) is 27.3. The first-order chi connectivity index (χ1) is 10.5. The molecule has 118 valence electrons. The van der Waals surface area contributed by atoms with Crippen molar-refractivity contribution in [2.75, 3.05) is 31.6 Å². The number of para-hydroxylation sites is 1. The van der Waals surface area contributed by atoms with Crippen molar-refractivity contribution < 1.29 is 14.0 Å². The molecule has 0 radical (unpaired) electrons. The van der Waals surface area contributed by atoms with Crippen LogP contribution >= 0.6 is 0 Å². The van der Waals surface area contributed by atoms with Crippen LogP contribution in [0.25, 0.3) is 0 Å². The Morgan fingerprint density at radius 2 is 2.27 bits per heavy atom. The number of carbonyl (C=O) groups excluding carboxylic acids is 2. The van der Waals surface area contributed by atoms with Crippen LogP contribution in [0.1, 0.15) is 6.42 Å². The number of benzene rings is 1. The Balaban J connectivity index is 2.00. The van der Waals surface area contributed by atoms with E-state index >= 15 is 0 Å². The number of hydrogen-bond acceptors (Lipinski definition) is 3. The summed E-state index contributed by atoms with van der Waals surface area (Å²) < 4.78 is 13.8. The number of halogens is 1. The highest BCUT2D eigenvalue weighted by Crippen LogP contribution is 2.26. The highest BCUT2D eigenvalue weighted by Gasteiger charge is 2.36. The molecule has 22 heavy (non-hydrogen) atoms. The molecule has 1 unspecified atom stereocenters. The first-order valence-corrected chi connectivity index (χ1v) is 7.18. The highest BCUT2D eigenvalue weighted by atomic mass is 19.1. The molecule has 2 amide bonds. The highest BCUT2D eigenvalue weighted by molar-refractivity contribution is 5.99. The fourth-order valence-corrected chi connectivity index (χ4v) is 2.56. The molecule has 2 rings (SSSR count). The summed E-state index contributed by atoms with van der Waals surface area (Å²) in [6.07, 6.45) is 2.16. The van der Waals surface area contributed by atoms with Crippen molar-refractivity contribution in [1.29, 1.82) is 0 Å². The van der Waals surface area contributed by atoms with Crippen LogP contribution in [0.3, 0.4) is 0 Å². The third-order valence-corrected chi connectivity index (χ3v) is 3.69. The molecule has 1 fully saturated rings. The summed E-state index contributed by atoms with van der Waals surface area (Å²) >= 11 is 0. The van der Waals surface area contributed by atoms with Crippen molar-refractivity contribution in [2.45, 2.75) is 12.5 Å². The quantitative estimate of drug-likeness (QED) is 0.803. The fraction of sp³-hybridized carbons (Fsp3) is 0.375. The van der Waals surface area contributed by atoms with Gasteiger partial charge in [0, 0.05) is 13.1 Å². The van der Waals surface area contributed by atoms with Gasteiger partial charge in [-0.2, -0.15) is 0 Å². The van der Waals surface area contributed by atoms with Crippen LogP contribution in [0, 0.1) is 5.82 Å². The average molecular weight is 305 g/mol. The van der Waals surface area contributed by atoms with Gasteiger partial charge in [0.2, 0.25) is 11.8 Å². The SMILES string of the molecule is C=CCNC(=O)CN(C)C1CCN(c2ccccc2F)C1=O. The molecule has 5 nitrogen and oxygen atoms in total. The lowest BCUT2D eigenvalue weighted by molar-refractivity contribution is -0.125. The predicted octanol–water partition coefficient (Wildman–Crippen LogP) is 1.16. The van der Waals surface area contributed by atoms with Crippen LogP contribution in [0.15, 0.2) is 36.9 Å². The fourth-order valence-electron chi connectivity index (χ4n) is 2.56. The van der Waals surface area contributed by atoms with E-state index in [2.05, 4.69) is 11.9 Å². The van der Waals surface area contributed by atoms with Gasteiger partial charge in [0.1, 0.15) is 5.82 Å². The van der Waals surface area contributed by atoms with Crippen molar-refractivity contribution >= 4 is 17.5 Å². The lowest BCUT2D eigenvalue weighted by Gasteiger charge is -2.23. The van der Waals surface area contributed by atoms with Gasteiger partial charge >= 0.3 is 0 Å². The predicted molar refractivity (Wildman–Crippen MR) is 83.0 cm³/mol. The Morgan fingerprint density at radius 3 is 2.95 bits per heavy atom. The number of rotatable bonds is 6. The van der Waals surface area contributed by atoms with E-state index in [0.717, 1.165) is 0 Å². The van der Waals surface area contributed by atoms with Gasteiger partial charge in [-0.15, -0.1) is 6.58 Å². The molecule has 1 aliphatic rings. The standard InChI is InChI=1S/C16H20FN3O2/c1-3-9-18-15(21)11-19(2)14-8-10-20(16(14)22)13-7-5-4-6-12(13)17/h3-7,14H,1,8-11H2,2H3,(H,18,21). The van der Waals surface area contributed by atoms with Crippen molar-refractivity contribution in [3.63, 3.8) is 0 Å². The molecule has 0 aliphatic carbocycles. The number of carbonyl (C=O) groups is 2. The Bertz CT molecular complexity index is 576. The van der Waals surface area contributed by atoms with Gasteiger partial charge in [0.25, 0.3) is 0 Å². The van der Waals surface area contributed by atoms with Crippen LogP contribution in [0.2, 0.25) is 0 Å². The maximum Gasteiger partial charge on any atom is 0.244 e. The molecule has 1 N–H and O–H groups in total. The van der Waals surface area contributed by atoms with Crippen molar-refractivity contribution in [1.82, 2.24) is 10.2 Å². The number of nitrogens with one attached hydrogen (secondary N) is 1. The molecule has 1 atom stereocenters. The second-order valence-corrected chi connectivity index (χ2v) is 5.25. The number of amides is 2. The van der Waals surface area contributed by atoms with Gasteiger partial charge in [-0.3, -0.25) is 14.5 Å². The summed E-state index contributed by atoms with van der Waals surface area (Å²) in [6, 6.07) is 5.81. The average Bonchev–Trinajstić information content (AvgIpc) is 2.87. The summed E-state index contributed by atoms with van der Waals surface area (Å²) in [7, 11) is 1.72. The zero-order valence-corrected chi connectivity index (χ0v) is 12.6. The molecule has 1 aromatic rings. The first-order valence-electron chi connectivity index (χ1n) is 7.18. The number of likely N-dealkylation sites (N-methyl/N-ethyl adjacent to an activating group) is 1. The van der Waals surface area contributed by atoms with Crippen LogP contribution in [-0.2, 0) is 9.59 Å². The van der Waals surface area contributed by atoms with E-state index in [1.54, 1.807) is 36.2 Å². The second kappa shape index (κ2) is 7.17. The third kappa shape index (κ3) is 3.51. The Kier molecular flexibility index (Phi) is 5.27. The van der Waals surface area contributed by atoms with Crippen LogP contribution < -0.4 is 10.2 Å². The maximum absolute atomic E-state index is 13.8. The van der Waals surface area contributed by atoms with Gasteiger partial charge in [0.05, 0.1) is 18.3 Å². The van der Waals surface area contributed by atoms with E-state index in [-0.39, 0.29) is 18.4 Å². The minimum absolute atomic E-state index is 0.120. The summed E-state index contributed by atoms with van der Waals surface area (Å²) in [6.45, 7) is 4.49. The molecule has 6 heteroatoms. The van der Waals surface area contributed by atoms with Gasteiger partial charge in [-0.05, 0) is 25.6 Å². The largest absolute Gasteiger partial charge is 0.352 e. The summed E-state index contributed by atoms with van der Waals surface area (Å²) in [5, 5.41) is 2.67. The minimum atomic E-state index is -0.414. The number of hydrogen-bond donors (Lipinski definition) is 1. The topological polar surface area (TPSA) is 52.7 Å². The second-order valence-electron chi connectivity index (χ2n) is 5.25. The van der Waals surface area contributed by atoms with Gasteiger partial charge in [-0.25, -0.2) is 4.39 Å². The number of nitrogens with zero attached hydrogens (tertiary/aromatic N) is 2. The Morgan fingerprint density at radius 1 is 1.55 bits per heavy atom. The lowest BCUT2D eigenvalue weighted by Crippen LogP contribution is -2.44. The van der Waals surface area contributed by atoms with Gasteiger partial charge in [-0.1, -0.05) is 18.2 Å². The van der Waals surface area contributed by atoms with Crippen molar-refractivity contribution in [2.24, 2.45) is 0 Å². The molecule has 0 aromatic heterocycles. The van der Waals surface area contributed by atoms with Crippen molar-refractivity contribution in [3.05, 3.63) is 42.7 Å². The summed E-state index contributed by atoms with van der Waals surface area (Å²) in [5.41, 5.74) is 0.291. The minimum Gasteiger partial charge on any atom is -0.352 e. The zero-order valence-electron chi connectivity index (χ0n) is 12.6. The van der Waals surface area contributed by atoms with Gasteiger partial charge < -0.3 is 10.2 Å². The molecule has 0 bridgehead atoms. The molecule has 1 aromatic carbocycles. The normalized spacial score (nSPS) is 17.9. The molecular weight excluding hydrogens is 285 g/mol. The lowest BCUT2D eigenvalue weighted by atomic mass is 10.2. The molecule has 1 heterocycles. The Labute approximate surface area is 129 Å². The molecule has 0 spiro atoms. The maximum atomic E-state index is 13.8. The van der Waals surface area contributed by atoms with E-state index < -0.39 is 11.9 Å². The zero-order chi connectivity index (χ0) is 16.1. The van der Waals surface area contributed by atoms with Gasteiger partial charge in [0.15, 0.2) is 0 Å². The van der Waals surface area contributed by atoms with E-state index in [4.69, 9.17) is 0 Å². The molecule has 1 aliphatic heterocycles. The van der Waals surface area contributed by atoms with Crippen LogP contribution in [-0.4, -0.2) is 49.4 Å². The van der Waals surface area contributed by atoms with E-state index in [1.165, 1.54) is 11.0 Å². The smallest absolute Gasteiger partial charge is 0.244 e. The molecular formula is C16H20FN3O2. The molecule has 0 saturated carbocycles. The van der Waals surface area contributed by atoms with E-state index in [9.17, 15) is 14.0 Å². The van der Waals surface area contributed by atoms with Crippen molar-refractivity contribution in [3.8, 4) is 0 Å². The first kappa shape index (κ1) is 16.2. The summed E-state index contributed by atoms with van der Waals surface area (Å²) in [5.74, 6) is -0.758. The Hall–Kier alpha value is -2.21. The van der Waals surface area contributed by atoms with Crippen LogP contribution in [0.4, 0.5) is 10.1 Å². The molecule has 1 saturated heterocycles. The monoisotopic (exact) mass is 305 g/mol. The van der Waals surface area contributed by atoms with E-state index in [0.29, 0.717) is 25.2 Å². The number of anilines is 1. The third-order valence-electron chi connectivity index (χ3n) is 3.69. The van der Waals surface area contributed by atoms with E-state index in [1.807, 2.05) is 0 Å².